The highest BCUT2D eigenvalue weighted by Crippen LogP contribution is 2.33. The van der Waals surface area contributed by atoms with E-state index in [0.29, 0.717) is 0 Å². The van der Waals surface area contributed by atoms with Crippen LogP contribution in [-0.2, 0) is 24.8 Å². The molecule has 0 bridgehead atoms. The first kappa shape index (κ1) is 14.8. The fourth-order valence-electron chi connectivity index (χ4n) is 3.44. The van der Waals surface area contributed by atoms with Gasteiger partial charge in [0.15, 0.2) is 0 Å². The molecular formula is C18H24N4O. The van der Waals surface area contributed by atoms with Crippen molar-refractivity contribution < 1.29 is 4.74 Å². The summed E-state index contributed by atoms with van der Waals surface area (Å²) in [6.07, 6.45) is 9.53. The van der Waals surface area contributed by atoms with E-state index >= 15 is 0 Å². The Kier molecular flexibility index (Phi) is 4.14. The minimum absolute atomic E-state index is 0.283. The highest BCUT2D eigenvalue weighted by Gasteiger charge is 2.31. The van der Waals surface area contributed by atoms with Crippen molar-refractivity contribution in [2.75, 3.05) is 19.8 Å². The molecule has 0 aromatic carbocycles. The van der Waals surface area contributed by atoms with Crippen LogP contribution in [0, 0.1) is 5.92 Å². The lowest BCUT2D eigenvalue weighted by atomic mass is 9.99. The largest absolute Gasteiger partial charge is 0.379 e. The number of aromatic nitrogens is 3. The lowest BCUT2D eigenvalue weighted by molar-refractivity contribution is 0.0412. The van der Waals surface area contributed by atoms with Crippen LogP contribution in [0.4, 0.5) is 0 Å². The average Bonchev–Trinajstić information content (AvgIpc) is 3.32. The predicted molar refractivity (Wildman–Crippen MR) is 87.8 cm³/mol. The first-order chi connectivity index (χ1) is 11.3. The van der Waals surface area contributed by atoms with Crippen molar-refractivity contribution in [2.24, 2.45) is 13.0 Å². The van der Waals surface area contributed by atoms with Gasteiger partial charge in [-0.3, -0.25) is 14.6 Å². The molecule has 2 aromatic heterocycles. The van der Waals surface area contributed by atoms with Crippen molar-refractivity contribution in [2.45, 2.75) is 31.8 Å². The van der Waals surface area contributed by atoms with E-state index in [9.17, 15) is 0 Å². The van der Waals surface area contributed by atoms with Gasteiger partial charge in [0.05, 0.1) is 24.5 Å². The van der Waals surface area contributed by atoms with E-state index in [1.165, 1.54) is 29.7 Å². The first-order valence-electron chi connectivity index (χ1n) is 8.52. The second-order valence-corrected chi connectivity index (χ2v) is 6.76. The first-order valence-corrected chi connectivity index (χ1v) is 8.52. The SMILES string of the molecule is Cn1ncc2c1C(COCC1CC1)N(Cc1cccnc1)CC2. The zero-order valence-electron chi connectivity index (χ0n) is 13.7. The molecule has 2 aliphatic rings. The minimum Gasteiger partial charge on any atom is -0.379 e. The highest BCUT2D eigenvalue weighted by atomic mass is 16.5. The van der Waals surface area contributed by atoms with Gasteiger partial charge in [-0.1, -0.05) is 6.07 Å². The van der Waals surface area contributed by atoms with Gasteiger partial charge in [-0.15, -0.1) is 0 Å². The van der Waals surface area contributed by atoms with Crippen molar-refractivity contribution >= 4 is 0 Å². The number of nitrogens with zero attached hydrogens (tertiary/aromatic N) is 4. The van der Waals surface area contributed by atoms with Crippen LogP contribution < -0.4 is 0 Å². The number of pyridine rings is 1. The maximum absolute atomic E-state index is 6.05. The lowest BCUT2D eigenvalue weighted by Gasteiger charge is -2.36. The summed E-state index contributed by atoms with van der Waals surface area (Å²) in [5.74, 6) is 0.802. The van der Waals surface area contributed by atoms with Crippen molar-refractivity contribution in [3.05, 3.63) is 47.5 Å². The molecule has 1 unspecified atom stereocenters. The van der Waals surface area contributed by atoms with Crippen LogP contribution in [0.5, 0.6) is 0 Å². The van der Waals surface area contributed by atoms with E-state index in [0.717, 1.165) is 38.6 Å². The number of hydrogen-bond acceptors (Lipinski definition) is 4. The van der Waals surface area contributed by atoms with E-state index in [-0.39, 0.29) is 6.04 Å². The third-order valence-electron chi connectivity index (χ3n) is 4.92. The molecule has 1 aliphatic carbocycles. The van der Waals surface area contributed by atoms with Crippen LogP contribution in [0.25, 0.3) is 0 Å². The van der Waals surface area contributed by atoms with Gasteiger partial charge < -0.3 is 4.74 Å². The topological polar surface area (TPSA) is 43.2 Å². The fraction of sp³-hybridized carbons (Fsp3) is 0.556. The monoisotopic (exact) mass is 312 g/mol. The third kappa shape index (κ3) is 3.31. The van der Waals surface area contributed by atoms with Gasteiger partial charge in [0, 0.05) is 39.1 Å². The molecule has 1 fully saturated rings. The Morgan fingerprint density at radius 2 is 2.17 bits per heavy atom. The molecule has 2 aromatic rings. The molecule has 122 valence electrons. The summed E-state index contributed by atoms with van der Waals surface area (Å²) >= 11 is 0. The Hall–Kier alpha value is -1.72. The predicted octanol–water partition coefficient (Wildman–Crippen LogP) is 2.34. The summed E-state index contributed by atoms with van der Waals surface area (Å²) in [4.78, 5) is 6.75. The summed E-state index contributed by atoms with van der Waals surface area (Å²) < 4.78 is 8.07. The van der Waals surface area contributed by atoms with Gasteiger partial charge in [-0.25, -0.2) is 0 Å². The molecule has 4 rings (SSSR count). The number of ether oxygens (including phenoxy) is 1. The number of hydrogen-bond donors (Lipinski definition) is 0. The van der Waals surface area contributed by atoms with Gasteiger partial charge >= 0.3 is 0 Å². The second kappa shape index (κ2) is 6.42. The number of fused-ring (bicyclic) bond motifs is 1. The maximum atomic E-state index is 6.05. The van der Waals surface area contributed by atoms with Gasteiger partial charge in [0.1, 0.15) is 0 Å². The Morgan fingerprint density at radius 3 is 2.96 bits per heavy atom. The number of rotatable bonds is 6. The van der Waals surface area contributed by atoms with E-state index in [4.69, 9.17) is 4.74 Å². The molecule has 23 heavy (non-hydrogen) atoms. The summed E-state index contributed by atoms with van der Waals surface area (Å²) in [6, 6.07) is 4.44. The molecule has 1 saturated carbocycles. The van der Waals surface area contributed by atoms with Crippen LogP contribution >= 0.6 is 0 Å². The molecular weight excluding hydrogens is 288 g/mol. The fourth-order valence-corrected chi connectivity index (χ4v) is 3.44. The van der Waals surface area contributed by atoms with Crippen molar-refractivity contribution in [1.29, 1.82) is 0 Å². The van der Waals surface area contributed by atoms with Crippen LogP contribution in [0.15, 0.2) is 30.7 Å². The van der Waals surface area contributed by atoms with Gasteiger partial charge in [0.2, 0.25) is 0 Å². The van der Waals surface area contributed by atoms with E-state index in [1.807, 2.05) is 36.4 Å². The third-order valence-corrected chi connectivity index (χ3v) is 4.92. The summed E-state index contributed by atoms with van der Waals surface area (Å²) in [6.45, 7) is 3.62. The Morgan fingerprint density at radius 1 is 1.26 bits per heavy atom. The maximum Gasteiger partial charge on any atom is 0.0760 e. The molecule has 1 aliphatic heterocycles. The van der Waals surface area contributed by atoms with Crippen LogP contribution in [0.1, 0.15) is 35.7 Å². The normalized spacial score (nSPS) is 21.3. The Bertz CT molecular complexity index is 650. The van der Waals surface area contributed by atoms with E-state index < -0.39 is 0 Å². The molecule has 5 heteroatoms. The average molecular weight is 312 g/mol. The summed E-state index contributed by atoms with van der Waals surface area (Å²) in [7, 11) is 2.04. The second-order valence-electron chi connectivity index (χ2n) is 6.76. The standard InChI is InChI=1S/C18H24N4O/c1-21-18-16(10-20-21)6-8-22(11-15-3-2-7-19-9-15)17(18)13-23-12-14-4-5-14/h2-3,7,9-10,14,17H,4-6,8,11-13H2,1H3. The zero-order chi connectivity index (χ0) is 15.6. The van der Waals surface area contributed by atoms with Crippen molar-refractivity contribution in [3.8, 4) is 0 Å². The molecule has 0 N–H and O–H groups in total. The zero-order valence-corrected chi connectivity index (χ0v) is 13.7. The quantitative estimate of drug-likeness (QED) is 0.821. The van der Waals surface area contributed by atoms with Gasteiger partial charge in [0.25, 0.3) is 0 Å². The van der Waals surface area contributed by atoms with E-state index in [2.05, 4.69) is 21.0 Å². The van der Waals surface area contributed by atoms with Gasteiger partial charge in [-0.2, -0.15) is 5.10 Å². The minimum atomic E-state index is 0.283. The highest BCUT2D eigenvalue weighted by molar-refractivity contribution is 5.25. The molecule has 3 heterocycles. The summed E-state index contributed by atoms with van der Waals surface area (Å²) in [5.41, 5.74) is 3.94. The summed E-state index contributed by atoms with van der Waals surface area (Å²) in [5, 5.41) is 4.47. The molecule has 5 nitrogen and oxygen atoms in total. The van der Waals surface area contributed by atoms with Crippen molar-refractivity contribution in [1.82, 2.24) is 19.7 Å². The van der Waals surface area contributed by atoms with Crippen LogP contribution in [0.3, 0.4) is 0 Å². The smallest absolute Gasteiger partial charge is 0.0760 e. The lowest BCUT2D eigenvalue weighted by Crippen LogP contribution is -2.38. The molecule has 0 amide bonds. The van der Waals surface area contributed by atoms with Crippen molar-refractivity contribution in [3.63, 3.8) is 0 Å². The van der Waals surface area contributed by atoms with Gasteiger partial charge in [-0.05, 0) is 42.4 Å². The van der Waals surface area contributed by atoms with Crippen LogP contribution in [0.2, 0.25) is 0 Å². The Labute approximate surface area is 137 Å². The molecule has 0 radical (unpaired) electrons. The molecule has 0 spiro atoms. The number of aryl methyl sites for hydroxylation is 1. The Balaban J connectivity index is 1.52. The van der Waals surface area contributed by atoms with Crippen LogP contribution in [-0.4, -0.2) is 39.4 Å². The molecule has 0 saturated heterocycles. The molecule has 1 atom stereocenters. The van der Waals surface area contributed by atoms with E-state index in [1.54, 1.807) is 0 Å².